The molecule has 1 saturated heterocycles. The molecule has 0 radical (unpaired) electrons. The highest BCUT2D eigenvalue weighted by molar-refractivity contribution is 6.31. The molecule has 2 rings (SSSR count). The highest BCUT2D eigenvalue weighted by Crippen LogP contribution is 2.38. The number of rotatable bonds is 3. The van der Waals surface area contributed by atoms with Gasteiger partial charge in [0, 0.05) is 23.5 Å². The summed E-state index contributed by atoms with van der Waals surface area (Å²) in [5, 5.41) is 4.29. The second-order valence-electron chi connectivity index (χ2n) is 4.96. The standard InChI is InChI=1S/C13H18ClN/c1-10(2)7-13(8-15-9-13)11-5-3-4-6-12(11)14/h3-6,10,15H,7-9H2,1-2H3. The van der Waals surface area contributed by atoms with Gasteiger partial charge >= 0.3 is 0 Å². The molecule has 1 aliphatic rings. The summed E-state index contributed by atoms with van der Waals surface area (Å²) in [6, 6.07) is 8.26. The monoisotopic (exact) mass is 223 g/mol. The molecule has 82 valence electrons. The topological polar surface area (TPSA) is 12.0 Å². The number of halogens is 1. The Hall–Kier alpha value is -0.530. The maximum Gasteiger partial charge on any atom is 0.0444 e. The summed E-state index contributed by atoms with van der Waals surface area (Å²) < 4.78 is 0. The molecule has 0 amide bonds. The molecule has 0 saturated carbocycles. The Morgan fingerprint density at radius 1 is 1.33 bits per heavy atom. The van der Waals surface area contributed by atoms with Gasteiger partial charge in [-0.05, 0) is 24.0 Å². The van der Waals surface area contributed by atoms with Crippen molar-refractivity contribution >= 4 is 11.6 Å². The van der Waals surface area contributed by atoms with E-state index in [1.807, 2.05) is 12.1 Å². The molecule has 15 heavy (non-hydrogen) atoms. The van der Waals surface area contributed by atoms with E-state index in [9.17, 15) is 0 Å². The normalized spacial score (nSPS) is 18.9. The van der Waals surface area contributed by atoms with Gasteiger partial charge in [-0.2, -0.15) is 0 Å². The Labute approximate surface area is 96.8 Å². The highest BCUT2D eigenvalue weighted by Gasteiger charge is 2.40. The van der Waals surface area contributed by atoms with Gasteiger partial charge in [0.1, 0.15) is 0 Å². The summed E-state index contributed by atoms with van der Waals surface area (Å²) in [4.78, 5) is 0. The van der Waals surface area contributed by atoms with Gasteiger partial charge in [-0.1, -0.05) is 43.6 Å². The van der Waals surface area contributed by atoms with Gasteiger partial charge in [0.15, 0.2) is 0 Å². The zero-order valence-corrected chi connectivity index (χ0v) is 10.1. The maximum atomic E-state index is 6.28. The van der Waals surface area contributed by atoms with E-state index in [0.29, 0.717) is 5.92 Å². The molecule has 1 nitrogen and oxygen atoms in total. The maximum absolute atomic E-state index is 6.28. The van der Waals surface area contributed by atoms with Crippen LogP contribution in [0, 0.1) is 5.92 Å². The third kappa shape index (κ3) is 2.04. The molecule has 1 N–H and O–H groups in total. The van der Waals surface area contributed by atoms with Crippen LogP contribution in [0.2, 0.25) is 5.02 Å². The first-order valence-electron chi connectivity index (χ1n) is 5.60. The zero-order chi connectivity index (χ0) is 10.9. The largest absolute Gasteiger partial charge is 0.315 e. The molecule has 1 aromatic rings. The molecule has 1 fully saturated rings. The molecule has 0 aromatic heterocycles. The molecule has 0 aliphatic carbocycles. The molecule has 0 unspecified atom stereocenters. The molecule has 0 spiro atoms. The minimum absolute atomic E-state index is 0.284. The number of hydrogen-bond donors (Lipinski definition) is 1. The van der Waals surface area contributed by atoms with Crippen LogP contribution in [0.25, 0.3) is 0 Å². The van der Waals surface area contributed by atoms with Crippen molar-refractivity contribution in [3.05, 3.63) is 34.9 Å². The fourth-order valence-corrected chi connectivity index (χ4v) is 2.88. The lowest BCUT2D eigenvalue weighted by molar-refractivity contribution is 0.229. The van der Waals surface area contributed by atoms with Crippen molar-refractivity contribution < 1.29 is 0 Å². The van der Waals surface area contributed by atoms with Gasteiger partial charge in [-0.25, -0.2) is 0 Å². The van der Waals surface area contributed by atoms with Crippen LogP contribution in [0.15, 0.2) is 24.3 Å². The molecule has 1 heterocycles. The zero-order valence-electron chi connectivity index (χ0n) is 9.39. The second kappa shape index (κ2) is 4.15. The van der Waals surface area contributed by atoms with Crippen LogP contribution < -0.4 is 5.32 Å². The predicted molar refractivity (Wildman–Crippen MR) is 65.5 cm³/mol. The van der Waals surface area contributed by atoms with E-state index < -0.39 is 0 Å². The third-order valence-corrected chi connectivity index (χ3v) is 3.50. The van der Waals surface area contributed by atoms with E-state index >= 15 is 0 Å². The Bertz CT molecular complexity index is 342. The molecular formula is C13H18ClN. The Morgan fingerprint density at radius 3 is 2.47 bits per heavy atom. The summed E-state index contributed by atoms with van der Waals surface area (Å²) in [6.45, 7) is 6.68. The number of nitrogens with one attached hydrogen (secondary N) is 1. The molecular weight excluding hydrogens is 206 g/mol. The molecule has 0 atom stereocenters. The van der Waals surface area contributed by atoms with Crippen LogP contribution in [0.3, 0.4) is 0 Å². The van der Waals surface area contributed by atoms with E-state index in [0.717, 1.165) is 18.1 Å². The Balaban J connectivity index is 2.30. The van der Waals surface area contributed by atoms with E-state index in [1.165, 1.54) is 12.0 Å². The summed E-state index contributed by atoms with van der Waals surface area (Å²) >= 11 is 6.28. The fraction of sp³-hybridized carbons (Fsp3) is 0.538. The van der Waals surface area contributed by atoms with Crippen molar-refractivity contribution in [2.45, 2.75) is 25.7 Å². The number of benzene rings is 1. The lowest BCUT2D eigenvalue weighted by Gasteiger charge is -2.45. The van der Waals surface area contributed by atoms with Crippen LogP contribution in [-0.4, -0.2) is 13.1 Å². The van der Waals surface area contributed by atoms with Crippen molar-refractivity contribution in [2.75, 3.05) is 13.1 Å². The van der Waals surface area contributed by atoms with Crippen molar-refractivity contribution in [3.8, 4) is 0 Å². The van der Waals surface area contributed by atoms with Crippen molar-refractivity contribution in [2.24, 2.45) is 5.92 Å². The smallest absolute Gasteiger partial charge is 0.0444 e. The van der Waals surface area contributed by atoms with Crippen LogP contribution in [0.1, 0.15) is 25.8 Å². The highest BCUT2D eigenvalue weighted by atomic mass is 35.5. The van der Waals surface area contributed by atoms with Crippen LogP contribution in [0.4, 0.5) is 0 Å². The molecule has 1 aliphatic heterocycles. The van der Waals surface area contributed by atoms with E-state index in [-0.39, 0.29) is 5.41 Å². The molecule has 0 bridgehead atoms. The summed E-state index contributed by atoms with van der Waals surface area (Å²) in [5.41, 5.74) is 1.60. The van der Waals surface area contributed by atoms with Gasteiger partial charge in [-0.15, -0.1) is 0 Å². The first-order chi connectivity index (χ1) is 7.14. The van der Waals surface area contributed by atoms with Gasteiger partial charge < -0.3 is 5.32 Å². The first-order valence-corrected chi connectivity index (χ1v) is 5.98. The van der Waals surface area contributed by atoms with Gasteiger partial charge in [0.05, 0.1) is 0 Å². The van der Waals surface area contributed by atoms with Crippen molar-refractivity contribution in [3.63, 3.8) is 0 Å². The predicted octanol–water partition coefficient (Wildman–Crippen LogP) is 3.23. The second-order valence-corrected chi connectivity index (χ2v) is 5.37. The number of hydrogen-bond acceptors (Lipinski definition) is 1. The van der Waals surface area contributed by atoms with Gasteiger partial charge in [0.2, 0.25) is 0 Å². The van der Waals surface area contributed by atoms with E-state index in [2.05, 4.69) is 31.3 Å². The first kappa shape index (κ1) is 11.0. The minimum atomic E-state index is 0.284. The lowest BCUT2D eigenvalue weighted by Crippen LogP contribution is -2.57. The van der Waals surface area contributed by atoms with E-state index in [1.54, 1.807) is 0 Å². The SMILES string of the molecule is CC(C)CC1(c2ccccc2Cl)CNC1. The van der Waals surface area contributed by atoms with Crippen molar-refractivity contribution in [1.29, 1.82) is 0 Å². The van der Waals surface area contributed by atoms with Gasteiger partial charge in [-0.3, -0.25) is 0 Å². The van der Waals surface area contributed by atoms with Gasteiger partial charge in [0.25, 0.3) is 0 Å². The van der Waals surface area contributed by atoms with E-state index in [4.69, 9.17) is 11.6 Å². The van der Waals surface area contributed by atoms with Crippen LogP contribution in [0.5, 0.6) is 0 Å². The average molecular weight is 224 g/mol. The third-order valence-electron chi connectivity index (χ3n) is 3.17. The van der Waals surface area contributed by atoms with Crippen molar-refractivity contribution in [1.82, 2.24) is 5.32 Å². The minimum Gasteiger partial charge on any atom is -0.315 e. The Kier molecular flexibility index (Phi) is 3.03. The molecule has 1 aromatic carbocycles. The summed E-state index contributed by atoms with van der Waals surface area (Å²) in [7, 11) is 0. The van der Waals surface area contributed by atoms with Crippen LogP contribution in [-0.2, 0) is 5.41 Å². The molecule has 2 heteroatoms. The Morgan fingerprint density at radius 2 is 2.00 bits per heavy atom. The lowest BCUT2D eigenvalue weighted by atomic mass is 9.70. The van der Waals surface area contributed by atoms with Crippen LogP contribution >= 0.6 is 11.6 Å². The summed E-state index contributed by atoms with van der Waals surface area (Å²) in [5.74, 6) is 0.711. The average Bonchev–Trinajstić information content (AvgIpc) is 2.12. The fourth-order valence-electron chi connectivity index (χ4n) is 2.54. The summed E-state index contributed by atoms with van der Waals surface area (Å²) in [6.07, 6.45) is 1.21. The quantitative estimate of drug-likeness (QED) is 0.830.